The maximum Gasteiger partial charge on any atom is 0.402 e. The number of amides is 1. The Morgan fingerprint density at radius 3 is 2.57 bits per heavy atom. The van der Waals surface area contributed by atoms with E-state index < -0.39 is 35.4 Å². The molecule has 0 saturated heterocycles. The minimum atomic E-state index is -4.67. The maximum absolute atomic E-state index is 12.1. The molecule has 1 aromatic carbocycles. The number of halogens is 3. The highest BCUT2D eigenvalue weighted by Gasteiger charge is 2.33. The molecule has 0 spiro atoms. The van der Waals surface area contributed by atoms with Gasteiger partial charge in [-0.3, -0.25) is 4.79 Å². The molecule has 116 valence electrons. The molecule has 0 saturated carbocycles. The average molecular weight is 323 g/mol. The van der Waals surface area contributed by atoms with E-state index in [0.29, 0.717) is 15.6 Å². The third-order valence-electron chi connectivity index (χ3n) is 2.75. The van der Waals surface area contributed by atoms with Gasteiger partial charge in [-0.25, -0.2) is 0 Å². The van der Waals surface area contributed by atoms with Gasteiger partial charge in [0.1, 0.15) is 6.54 Å². The molecule has 0 bridgehead atoms. The molecule has 2 rings (SSSR count). The van der Waals surface area contributed by atoms with Gasteiger partial charge in [-0.2, -0.15) is 30.6 Å². The molecule has 0 unspecified atom stereocenters. The van der Waals surface area contributed by atoms with Crippen LogP contribution in [0.1, 0.15) is 5.56 Å². The molecule has 10 heteroatoms. The second-order valence-electron chi connectivity index (χ2n) is 4.41. The number of nitrogens with zero attached hydrogens (tertiary/aromatic N) is 1. The van der Waals surface area contributed by atoms with Gasteiger partial charge in [0.2, 0.25) is 5.91 Å². The van der Waals surface area contributed by atoms with Gasteiger partial charge in [-0.1, -0.05) is 18.2 Å². The summed E-state index contributed by atoms with van der Waals surface area (Å²) < 4.78 is 62.2. The van der Waals surface area contributed by atoms with Crippen LogP contribution in [0.3, 0.4) is 0 Å². The number of carbonyl (C=O) groups excluding carboxylic acids is 1. The normalized spacial score (nSPS) is 17.0. The zero-order valence-corrected chi connectivity index (χ0v) is 11.5. The van der Waals surface area contributed by atoms with Crippen LogP contribution in [0, 0.1) is 0 Å². The van der Waals surface area contributed by atoms with Gasteiger partial charge in [-0.05, 0) is 11.6 Å². The summed E-state index contributed by atoms with van der Waals surface area (Å²) in [6.07, 6.45) is -4.67. The van der Waals surface area contributed by atoms with Crippen molar-refractivity contribution >= 4 is 21.8 Å². The Hall–Kier alpha value is -1.65. The van der Waals surface area contributed by atoms with Crippen molar-refractivity contribution in [3.63, 3.8) is 0 Å². The second-order valence-corrected chi connectivity index (χ2v) is 6.17. The molecule has 1 aromatic rings. The molecule has 0 fully saturated rings. The molecule has 0 atom stereocenters. The van der Waals surface area contributed by atoms with Crippen LogP contribution in [0.25, 0.3) is 0 Å². The minimum absolute atomic E-state index is 0.192. The van der Waals surface area contributed by atoms with E-state index in [2.05, 4.69) is 5.32 Å². The first-order valence-corrected chi connectivity index (χ1v) is 7.31. The summed E-state index contributed by atoms with van der Waals surface area (Å²) in [7, 11) is -4.41. The summed E-state index contributed by atoms with van der Waals surface area (Å²) in [5.74, 6) is -0.614. The predicted octanol–water partition coefficient (Wildman–Crippen LogP) is 0.837. The summed E-state index contributed by atoms with van der Waals surface area (Å²) >= 11 is 0. The van der Waals surface area contributed by atoms with Crippen molar-refractivity contribution in [2.45, 2.75) is 12.7 Å². The lowest BCUT2D eigenvalue weighted by atomic mass is 10.2. The lowest BCUT2D eigenvalue weighted by Gasteiger charge is -2.20. The zero-order chi connectivity index (χ0) is 15.7. The SMILES string of the molecule is O=C1CN(S(=O)(=O)NCC(F)(F)F)Cc2ccccc2N1. The Morgan fingerprint density at radius 1 is 1.24 bits per heavy atom. The summed E-state index contributed by atoms with van der Waals surface area (Å²) in [5.41, 5.74) is 0.941. The van der Waals surface area contributed by atoms with E-state index in [9.17, 15) is 26.4 Å². The highest BCUT2D eigenvalue weighted by atomic mass is 32.2. The van der Waals surface area contributed by atoms with Gasteiger partial charge in [0, 0.05) is 12.2 Å². The first kappa shape index (κ1) is 15.7. The molecule has 1 amide bonds. The van der Waals surface area contributed by atoms with E-state index in [0.717, 1.165) is 0 Å². The van der Waals surface area contributed by atoms with E-state index in [1.165, 1.54) is 4.72 Å². The number of para-hydroxylation sites is 1. The Balaban J connectivity index is 2.22. The predicted molar refractivity (Wildman–Crippen MR) is 68.5 cm³/mol. The number of alkyl halides is 3. The van der Waals surface area contributed by atoms with Crippen LogP contribution in [0.15, 0.2) is 24.3 Å². The molecule has 0 aromatic heterocycles. The third-order valence-corrected chi connectivity index (χ3v) is 4.20. The molecular formula is C11H12F3N3O3S. The highest BCUT2D eigenvalue weighted by molar-refractivity contribution is 7.87. The Kier molecular flexibility index (Phi) is 4.21. The fourth-order valence-corrected chi connectivity index (χ4v) is 2.94. The zero-order valence-electron chi connectivity index (χ0n) is 10.6. The van der Waals surface area contributed by atoms with Gasteiger partial charge in [0.05, 0.1) is 6.54 Å². The largest absolute Gasteiger partial charge is 0.402 e. The summed E-state index contributed by atoms with van der Waals surface area (Å²) in [6.45, 7) is -2.43. The Bertz CT molecular complexity index is 646. The number of benzene rings is 1. The quantitative estimate of drug-likeness (QED) is 0.865. The standard InChI is InChI=1S/C11H12F3N3O3S/c12-11(13,14)7-15-21(19,20)17-5-8-3-1-2-4-9(8)16-10(18)6-17/h1-4,15H,5-7H2,(H,16,18). The number of hydrogen-bond donors (Lipinski definition) is 2. The van der Waals surface area contributed by atoms with Gasteiger partial charge in [0.25, 0.3) is 10.2 Å². The van der Waals surface area contributed by atoms with Crippen LogP contribution in [0.4, 0.5) is 18.9 Å². The van der Waals surface area contributed by atoms with E-state index in [4.69, 9.17) is 0 Å². The first-order valence-electron chi connectivity index (χ1n) is 5.87. The molecule has 0 aliphatic carbocycles. The number of fused-ring (bicyclic) bond motifs is 1. The number of rotatable bonds is 3. The monoisotopic (exact) mass is 323 g/mol. The van der Waals surface area contributed by atoms with Crippen molar-refractivity contribution in [3.05, 3.63) is 29.8 Å². The van der Waals surface area contributed by atoms with Crippen LogP contribution in [0.5, 0.6) is 0 Å². The lowest BCUT2D eigenvalue weighted by Crippen LogP contribution is -2.45. The number of carbonyl (C=O) groups is 1. The van der Waals surface area contributed by atoms with Crippen LogP contribution >= 0.6 is 0 Å². The molecule has 1 aliphatic rings. The molecule has 6 nitrogen and oxygen atoms in total. The van der Waals surface area contributed by atoms with E-state index in [1.54, 1.807) is 24.3 Å². The summed E-state index contributed by atoms with van der Waals surface area (Å²) in [4.78, 5) is 11.6. The molecule has 1 aliphatic heterocycles. The summed E-state index contributed by atoms with van der Waals surface area (Å²) in [6, 6.07) is 6.48. The van der Waals surface area contributed by atoms with E-state index in [-0.39, 0.29) is 6.54 Å². The van der Waals surface area contributed by atoms with Crippen molar-refractivity contribution in [1.82, 2.24) is 9.03 Å². The number of nitrogens with one attached hydrogen (secondary N) is 2. The Labute approximate surface area is 119 Å². The van der Waals surface area contributed by atoms with Crippen molar-refractivity contribution < 1.29 is 26.4 Å². The van der Waals surface area contributed by atoms with E-state index in [1.807, 2.05) is 0 Å². The molecule has 0 radical (unpaired) electrons. The Morgan fingerprint density at radius 2 is 1.90 bits per heavy atom. The first-order chi connectivity index (χ1) is 9.67. The maximum atomic E-state index is 12.1. The van der Waals surface area contributed by atoms with Crippen LogP contribution < -0.4 is 10.0 Å². The molecule has 21 heavy (non-hydrogen) atoms. The van der Waals surface area contributed by atoms with E-state index >= 15 is 0 Å². The van der Waals surface area contributed by atoms with Crippen molar-refractivity contribution in [1.29, 1.82) is 0 Å². The fourth-order valence-electron chi connectivity index (χ4n) is 1.81. The van der Waals surface area contributed by atoms with Crippen LogP contribution in [-0.4, -0.2) is 37.9 Å². The molecule has 1 heterocycles. The smallest absolute Gasteiger partial charge is 0.325 e. The van der Waals surface area contributed by atoms with Gasteiger partial charge < -0.3 is 5.32 Å². The third kappa shape index (κ3) is 4.16. The lowest BCUT2D eigenvalue weighted by molar-refractivity contribution is -0.121. The average Bonchev–Trinajstić information content (AvgIpc) is 2.54. The van der Waals surface area contributed by atoms with Gasteiger partial charge >= 0.3 is 6.18 Å². The second kappa shape index (κ2) is 5.62. The van der Waals surface area contributed by atoms with Crippen molar-refractivity contribution in [2.24, 2.45) is 0 Å². The van der Waals surface area contributed by atoms with Crippen molar-refractivity contribution in [3.8, 4) is 0 Å². The van der Waals surface area contributed by atoms with Crippen LogP contribution in [-0.2, 0) is 21.5 Å². The van der Waals surface area contributed by atoms with Gasteiger partial charge in [-0.15, -0.1) is 0 Å². The summed E-state index contributed by atoms with van der Waals surface area (Å²) in [5, 5.41) is 2.50. The highest BCUT2D eigenvalue weighted by Crippen LogP contribution is 2.22. The van der Waals surface area contributed by atoms with Crippen LogP contribution in [0.2, 0.25) is 0 Å². The fraction of sp³-hybridized carbons (Fsp3) is 0.364. The molecular weight excluding hydrogens is 311 g/mol. The molecule has 2 N–H and O–H groups in total. The van der Waals surface area contributed by atoms with Gasteiger partial charge in [0.15, 0.2) is 0 Å². The number of hydrogen-bond acceptors (Lipinski definition) is 3. The topological polar surface area (TPSA) is 78.5 Å². The minimum Gasteiger partial charge on any atom is -0.325 e. The number of anilines is 1. The van der Waals surface area contributed by atoms with Crippen molar-refractivity contribution in [2.75, 3.05) is 18.4 Å².